The number of nitrogens with one attached hydrogen (secondary N) is 1. The van der Waals surface area contributed by atoms with Crippen LogP contribution < -0.4 is 10.2 Å². The number of nitrogens with zero attached hydrogens (tertiary/aromatic N) is 6. The number of carbonyl (C=O) groups is 1. The molecule has 0 aromatic carbocycles. The van der Waals surface area contributed by atoms with Gasteiger partial charge in [-0.05, 0) is 31.4 Å². The largest absolute Gasteiger partial charge is 0.354 e. The van der Waals surface area contributed by atoms with Crippen LogP contribution in [0.2, 0.25) is 0 Å². The number of anilines is 2. The van der Waals surface area contributed by atoms with Crippen molar-refractivity contribution in [2.75, 3.05) is 42.9 Å². The van der Waals surface area contributed by atoms with Crippen molar-refractivity contribution in [3.05, 3.63) is 35.9 Å². The normalized spacial score (nSPS) is 14.5. The Morgan fingerprint density at radius 3 is 2.52 bits per heavy atom. The SMILES string of the molecule is Cc1cc(C(=O)N2CCN(c3ncccn3)CC2)nc(NCCC(C)C)n1. The van der Waals surface area contributed by atoms with Gasteiger partial charge in [-0.3, -0.25) is 4.79 Å². The molecule has 8 nitrogen and oxygen atoms in total. The van der Waals surface area contributed by atoms with E-state index in [0.717, 1.165) is 18.7 Å². The zero-order valence-electron chi connectivity index (χ0n) is 16.2. The van der Waals surface area contributed by atoms with Crippen molar-refractivity contribution in [3.8, 4) is 0 Å². The van der Waals surface area contributed by atoms with Crippen LogP contribution in [0.1, 0.15) is 36.5 Å². The third-order valence-electron chi connectivity index (χ3n) is 4.48. The molecule has 1 aliphatic heterocycles. The minimum atomic E-state index is -0.0546. The van der Waals surface area contributed by atoms with Crippen molar-refractivity contribution in [1.29, 1.82) is 0 Å². The minimum Gasteiger partial charge on any atom is -0.354 e. The van der Waals surface area contributed by atoms with Gasteiger partial charge in [0.15, 0.2) is 0 Å². The Balaban J connectivity index is 1.61. The van der Waals surface area contributed by atoms with Gasteiger partial charge in [-0.25, -0.2) is 19.9 Å². The molecule has 0 spiro atoms. The fraction of sp³-hybridized carbons (Fsp3) is 0.526. The van der Waals surface area contributed by atoms with Crippen LogP contribution in [0.4, 0.5) is 11.9 Å². The monoisotopic (exact) mass is 369 g/mol. The van der Waals surface area contributed by atoms with Crippen LogP contribution in [0.5, 0.6) is 0 Å². The third-order valence-corrected chi connectivity index (χ3v) is 4.48. The standard InChI is InChI=1S/C19H27N7O/c1-14(2)5-8-20-18-23-15(3)13-16(24-18)17(27)25-9-11-26(12-10-25)19-21-6-4-7-22-19/h4,6-7,13-14H,5,8-12H2,1-3H3,(H,20,23,24). The van der Waals surface area contributed by atoms with Crippen molar-refractivity contribution >= 4 is 17.8 Å². The Labute approximate surface area is 160 Å². The zero-order chi connectivity index (χ0) is 19.2. The van der Waals surface area contributed by atoms with E-state index in [9.17, 15) is 4.79 Å². The molecule has 1 fully saturated rings. The molecule has 0 saturated carbocycles. The number of rotatable bonds is 6. The van der Waals surface area contributed by atoms with Crippen LogP contribution >= 0.6 is 0 Å². The Kier molecular flexibility index (Phi) is 6.16. The first-order chi connectivity index (χ1) is 13.0. The van der Waals surface area contributed by atoms with E-state index in [1.165, 1.54) is 0 Å². The predicted molar refractivity (Wildman–Crippen MR) is 105 cm³/mol. The van der Waals surface area contributed by atoms with Gasteiger partial charge in [0.25, 0.3) is 5.91 Å². The fourth-order valence-corrected chi connectivity index (χ4v) is 2.96. The number of carbonyl (C=O) groups excluding carboxylic acids is 1. The van der Waals surface area contributed by atoms with Gasteiger partial charge in [0.1, 0.15) is 5.69 Å². The fourth-order valence-electron chi connectivity index (χ4n) is 2.96. The Bertz CT molecular complexity index is 758. The molecule has 3 heterocycles. The molecule has 2 aromatic heterocycles. The number of aryl methyl sites for hydroxylation is 1. The van der Waals surface area contributed by atoms with Gasteiger partial charge in [-0.2, -0.15) is 0 Å². The van der Waals surface area contributed by atoms with Crippen LogP contribution in [0.25, 0.3) is 0 Å². The topological polar surface area (TPSA) is 87.1 Å². The quantitative estimate of drug-likeness (QED) is 0.833. The number of hydrogen-bond donors (Lipinski definition) is 1. The van der Waals surface area contributed by atoms with Crippen LogP contribution in [0, 0.1) is 12.8 Å². The second-order valence-electron chi connectivity index (χ2n) is 7.16. The van der Waals surface area contributed by atoms with Gasteiger partial charge in [0.05, 0.1) is 0 Å². The van der Waals surface area contributed by atoms with Gasteiger partial charge in [-0.15, -0.1) is 0 Å². The van der Waals surface area contributed by atoms with Crippen LogP contribution in [-0.2, 0) is 0 Å². The molecule has 0 aliphatic carbocycles. The molecule has 27 heavy (non-hydrogen) atoms. The van der Waals surface area contributed by atoms with Gasteiger partial charge in [0, 0.05) is 50.8 Å². The van der Waals surface area contributed by atoms with E-state index in [0.29, 0.717) is 49.7 Å². The lowest BCUT2D eigenvalue weighted by Crippen LogP contribution is -2.49. The van der Waals surface area contributed by atoms with Crippen molar-refractivity contribution < 1.29 is 4.79 Å². The highest BCUT2D eigenvalue weighted by atomic mass is 16.2. The lowest BCUT2D eigenvalue weighted by atomic mass is 10.1. The van der Waals surface area contributed by atoms with Crippen molar-refractivity contribution in [1.82, 2.24) is 24.8 Å². The van der Waals surface area contributed by atoms with Gasteiger partial charge in [-0.1, -0.05) is 13.8 Å². The van der Waals surface area contributed by atoms with E-state index in [2.05, 4.69) is 44.0 Å². The maximum Gasteiger partial charge on any atom is 0.272 e. The molecule has 0 radical (unpaired) electrons. The van der Waals surface area contributed by atoms with Crippen LogP contribution in [-0.4, -0.2) is 63.5 Å². The second-order valence-corrected chi connectivity index (χ2v) is 7.16. The lowest BCUT2D eigenvalue weighted by molar-refractivity contribution is 0.0740. The summed E-state index contributed by atoms with van der Waals surface area (Å²) >= 11 is 0. The summed E-state index contributed by atoms with van der Waals surface area (Å²) in [5, 5.41) is 3.23. The van der Waals surface area contributed by atoms with E-state index in [1.54, 1.807) is 24.5 Å². The highest BCUT2D eigenvalue weighted by molar-refractivity contribution is 5.92. The van der Waals surface area contributed by atoms with Crippen LogP contribution in [0.3, 0.4) is 0 Å². The Morgan fingerprint density at radius 2 is 1.85 bits per heavy atom. The molecule has 8 heteroatoms. The van der Waals surface area contributed by atoms with E-state index >= 15 is 0 Å². The molecule has 3 rings (SSSR count). The Hall–Kier alpha value is -2.77. The number of hydrogen-bond acceptors (Lipinski definition) is 7. The lowest BCUT2D eigenvalue weighted by Gasteiger charge is -2.34. The van der Waals surface area contributed by atoms with E-state index in [-0.39, 0.29) is 5.91 Å². The Morgan fingerprint density at radius 1 is 1.15 bits per heavy atom. The van der Waals surface area contributed by atoms with E-state index in [4.69, 9.17) is 0 Å². The summed E-state index contributed by atoms with van der Waals surface area (Å²) in [6.07, 6.45) is 4.50. The molecule has 1 saturated heterocycles. The summed E-state index contributed by atoms with van der Waals surface area (Å²) in [7, 11) is 0. The summed E-state index contributed by atoms with van der Waals surface area (Å²) < 4.78 is 0. The molecule has 1 aliphatic rings. The molecule has 1 N–H and O–H groups in total. The molecule has 0 atom stereocenters. The summed E-state index contributed by atoms with van der Waals surface area (Å²) in [6, 6.07) is 3.55. The number of aromatic nitrogens is 4. The maximum atomic E-state index is 12.9. The summed E-state index contributed by atoms with van der Waals surface area (Å²) in [4.78, 5) is 34.2. The van der Waals surface area contributed by atoms with Crippen LogP contribution in [0.15, 0.2) is 24.5 Å². The smallest absolute Gasteiger partial charge is 0.272 e. The third kappa shape index (κ3) is 5.12. The second kappa shape index (κ2) is 8.75. The number of piperazine rings is 1. The molecule has 144 valence electrons. The predicted octanol–water partition coefficient (Wildman–Crippen LogP) is 2.00. The summed E-state index contributed by atoms with van der Waals surface area (Å²) in [5.74, 6) is 1.78. The molecular formula is C19H27N7O. The molecular weight excluding hydrogens is 342 g/mol. The summed E-state index contributed by atoms with van der Waals surface area (Å²) in [5.41, 5.74) is 1.23. The van der Waals surface area contributed by atoms with Gasteiger partial charge in [0.2, 0.25) is 11.9 Å². The maximum absolute atomic E-state index is 12.9. The molecule has 1 amide bonds. The van der Waals surface area contributed by atoms with Gasteiger partial charge >= 0.3 is 0 Å². The number of amides is 1. The summed E-state index contributed by atoms with van der Waals surface area (Å²) in [6.45, 7) is 9.69. The van der Waals surface area contributed by atoms with E-state index < -0.39 is 0 Å². The first-order valence-electron chi connectivity index (χ1n) is 9.43. The van der Waals surface area contributed by atoms with Crippen molar-refractivity contribution in [3.63, 3.8) is 0 Å². The first-order valence-corrected chi connectivity index (χ1v) is 9.43. The average Bonchev–Trinajstić information content (AvgIpc) is 2.67. The molecule has 2 aromatic rings. The van der Waals surface area contributed by atoms with Crippen molar-refractivity contribution in [2.45, 2.75) is 27.2 Å². The van der Waals surface area contributed by atoms with Crippen molar-refractivity contribution in [2.24, 2.45) is 5.92 Å². The van der Waals surface area contributed by atoms with Gasteiger partial charge < -0.3 is 15.1 Å². The minimum absolute atomic E-state index is 0.0546. The first kappa shape index (κ1) is 19.0. The highest BCUT2D eigenvalue weighted by Gasteiger charge is 2.24. The average molecular weight is 369 g/mol. The highest BCUT2D eigenvalue weighted by Crippen LogP contribution is 2.13. The zero-order valence-corrected chi connectivity index (χ0v) is 16.2. The van der Waals surface area contributed by atoms with E-state index in [1.807, 2.05) is 11.8 Å². The molecule has 0 bridgehead atoms. The molecule has 0 unspecified atom stereocenters.